The molecule has 7 nitrogen and oxygen atoms in total. The number of rotatable bonds is 4. The van der Waals surface area contributed by atoms with Crippen LogP contribution in [-0.4, -0.2) is 53.8 Å². The molecule has 1 aliphatic rings. The number of halogens is 2. The van der Waals surface area contributed by atoms with Crippen LogP contribution in [0.3, 0.4) is 0 Å². The zero-order valence-electron chi connectivity index (χ0n) is 15.8. The second-order valence-electron chi connectivity index (χ2n) is 7.15. The molecule has 28 heavy (non-hydrogen) atoms. The average Bonchev–Trinajstić information content (AvgIpc) is 2.97. The quantitative estimate of drug-likeness (QED) is 0.785. The van der Waals surface area contributed by atoms with Gasteiger partial charge < -0.3 is 5.32 Å². The maximum absolute atomic E-state index is 12.7. The molecule has 1 N–H and O–H groups in total. The molecule has 1 aromatic carbocycles. The largest absolute Gasteiger partial charge is 0.348 e. The molecule has 1 amide bonds. The van der Waals surface area contributed by atoms with Gasteiger partial charge in [-0.1, -0.05) is 30.1 Å². The monoisotopic (exact) mass is 444 g/mol. The third-order valence-corrected chi connectivity index (χ3v) is 6.72. The summed E-state index contributed by atoms with van der Waals surface area (Å²) in [5, 5.41) is 8.33. The number of aromatic nitrogens is 2. The van der Waals surface area contributed by atoms with Crippen LogP contribution in [0, 0.1) is 12.8 Å². The molecular formula is C18H22Cl2N4O3S. The first-order chi connectivity index (χ1) is 13.1. The molecule has 10 heteroatoms. The number of carbonyl (C=O) groups excluding carboxylic acids is 1. The number of amides is 1. The van der Waals surface area contributed by atoms with E-state index >= 15 is 0 Å². The summed E-state index contributed by atoms with van der Waals surface area (Å²) in [6, 6.07) is 6.65. The minimum Gasteiger partial charge on any atom is -0.348 e. The maximum atomic E-state index is 12.7. The van der Waals surface area contributed by atoms with Crippen molar-refractivity contribution in [2.75, 3.05) is 19.3 Å². The molecule has 0 saturated carbocycles. The SMILES string of the molecule is Cc1cc(C(=O)NC2CCN(S(C)(=O)=O)CC2C)nn1-c1ccc(Cl)cc1Cl. The first kappa shape index (κ1) is 21.1. The van der Waals surface area contributed by atoms with Gasteiger partial charge in [0.25, 0.3) is 5.91 Å². The Morgan fingerprint density at radius 1 is 1.29 bits per heavy atom. The summed E-state index contributed by atoms with van der Waals surface area (Å²) in [5.74, 6) is -0.294. The Labute approximate surface area is 174 Å². The molecule has 1 saturated heterocycles. The van der Waals surface area contributed by atoms with Crippen molar-refractivity contribution in [2.45, 2.75) is 26.3 Å². The third kappa shape index (κ3) is 4.51. The fourth-order valence-electron chi connectivity index (χ4n) is 3.35. The van der Waals surface area contributed by atoms with Gasteiger partial charge in [-0.3, -0.25) is 4.79 Å². The van der Waals surface area contributed by atoms with Crippen LogP contribution in [-0.2, 0) is 10.0 Å². The Balaban J connectivity index is 1.74. The summed E-state index contributed by atoms with van der Waals surface area (Å²) in [6.07, 6.45) is 1.76. The van der Waals surface area contributed by atoms with E-state index in [-0.39, 0.29) is 23.6 Å². The molecule has 1 fully saturated rings. The number of carbonyl (C=O) groups is 1. The van der Waals surface area contributed by atoms with E-state index in [1.807, 2.05) is 13.8 Å². The Hall–Kier alpha value is -1.61. The highest BCUT2D eigenvalue weighted by molar-refractivity contribution is 7.88. The second-order valence-corrected chi connectivity index (χ2v) is 9.97. The molecule has 1 aliphatic heterocycles. The summed E-state index contributed by atoms with van der Waals surface area (Å²) in [7, 11) is -3.22. The molecule has 2 unspecified atom stereocenters. The van der Waals surface area contributed by atoms with E-state index in [2.05, 4.69) is 10.4 Å². The molecule has 1 aromatic heterocycles. The van der Waals surface area contributed by atoms with E-state index in [4.69, 9.17) is 23.2 Å². The summed E-state index contributed by atoms with van der Waals surface area (Å²) in [5.41, 5.74) is 1.67. The zero-order valence-corrected chi connectivity index (χ0v) is 18.1. The molecule has 3 rings (SSSR count). The average molecular weight is 445 g/mol. The number of sulfonamides is 1. The van der Waals surface area contributed by atoms with Crippen LogP contribution in [0.2, 0.25) is 10.0 Å². The Morgan fingerprint density at radius 3 is 2.61 bits per heavy atom. The number of hydrogen-bond acceptors (Lipinski definition) is 4. The maximum Gasteiger partial charge on any atom is 0.272 e. The summed E-state index contributed by atoms with van der Waals surface area (Å²) in [6.45, 7) is 4.54. The summed E-state index contributed by atoms with van der Waals surface area (Å²) in [4.78, 5) is 12.7. The standard InChI is InChI=1S/C18H22Cl2N4O3S/c1-11-10-23(28(3,26)27)7-6-15(11)21-18(25)16-8-12(2)24(22-16)17-5-4-13(19)9-14(17)20/h4-5,8-9,11,15H,6-7,10H2,1-3H3,(H,21,25). The Morgan fingerprint density at radius 2 is 2.00 bits per heavy atom. The van der Waals surface area contributed by atoms with Gasteiger partial charge in [0.05, 0.1) is 17.0 Å². The van der Waals surface area contributed by atoms with Gasteiger partial charge in [0, 0.05) is 29.8 Å². The van der Waals surface area contributed by atoms with Crippen molar-refractivity contribution in [3.63, 3.8) is 0 Å². The third-order valence-electron chi connectivity index (χ3n) is 4.91. The molecule has 2 heterocycles. The van der Waals surface area contributed by atoms with Crippen LogP contribution in [0.1, 0.15) is 29.5 Å². The highest BCUT2D eigenvalue weighted by Gasteiger charge is 2.31. The first-order valence-electron chi connectivity index (χ1n) is 8.84. The van der Waals surface area contributed by atoms with Gasteiger partial charge in [-0.05, 0) is 43.5 Å². The van der Waals surface area contributed by atoms with Crippen LogP contribution in [0.15, 0.2) is 24.3 Å². The number of hydrogen-bond donors (Lipinski definition) is 1. The van der Waals surface area contributed by atoms with Crippen LogP contribution in [0.4, 0.5) is 0 Å². The van der Waals surface area contributed by atoms with Crippen LogP contribution in [0.5, 0.6) is 0 Å². The smallest absolute Gasteiger partial charge is 0.272 e. The van der Waals surface area contributed by atoms with Crippen molar-refractivity contribution < 1.29 is 13.2 Å². The highest BCUT2D eigenvalue weighted by Crippen LogP contribution is 2.25. The van der Waals surface area contributed by atoms with Crippen molar-refractivity contribution in [3.8, 4) is 5.69 Å². The van der Waals surface area contributed by atoms with Crippen molar-refractivity contribution >= 4 is 39.1 Å². The van der Waals surface area contributed by atoms with Gasteiger partial charge >= 0.3 is 0 Å². The van der Waals surface area contributed by atoms with Crippen LogP contribution < -0.4 is 5.32 Å². The van der Waals surface area contributed by atoms with Crippen molar-refractivity contribution in [3.05, 3.63) is 45.7 Å². The first-order valence-corrected chi connectivity index (χ1v) is 11.4. The highest BCUT2D eigenvalue weighted by atomic mass is 35.5. The predicted octanol–water partition coefficient (Wildman–Crippen LogP) is 2.89. The number of piperidine rings is 1. The van der Waals surface area contributed by atoms with E-state index in [9.17, 15) is 13.2 Å². The summed E-state index contributed by atoms with van der Waals surface area (Å²) < 4.78 is 26.5. The molecular weight excluding hydrogens is 423 g/mol. The molecule has 0 bridgehead atoms. The lowest BCUT2D eigenvalue weighted by molar-refractivity contribution is 0.0896. The number of nitrogens with zero attached hydrogens (tertiary/aromatic N) is 3. The predicted molar refractivity (Wildman–Crippen MR) is 110 cm³/mol. The summed E-state index contributed by atoms with van der Waals surface area (Å²) >= 11 is 12.2. The lowest BCUT2D eigenvalue weighted by atomic mass is 9.95. The molecule has 0 spiro atoms. The lowest BCUT2D eigenvalue weighted by Gasteiger charge is -2.35. The number of nitrogens with one attached hydrogen (secondary N) is 1. The van der Waals surface area contributed by atoms with Gasteiger partial charge in [-0.25, -0.2) is 17.4 Å². The van der Waals surface area contributed by atoms with E-state index < -0.39 is 10.0 Å². The van der Waals surface area contributed by atoms with Crippen molar-refractivity contribution in [2.24, 2.45) is 5.92 Å². The van der Waals surface area contributed by atoms with Crippen molar-refractivity contribution in [1.82, 2.24) is 19.4 Å². The molecule has 0 aliphatic carbocycles. The topological polar surface area (TPSA) is 84.3 Å². The lowest BCUT2D eigenvalue weighted by Crippen LogP contribution is -2.51. The number of benzene rings is 1. The fourth-order valence-corrected chi connectivity index (χ4v) is 4.78. The normalized spacial score (nSPS) is 20.9. The van der Waals surface area contributed by atoms with Gasteiger partial charge in [-0.2, -0.15) is 5.10 Å². The van der Waals surface area contributed by atoms with E-state index in [0.717, 1.165) is 5.69 Å². The Kier molecular flexibility index (Phi) is 6.05. The molecule has 152 valence electrons. The zero-order chi connectivity index (χ0) is 20.6. The van der Waals surface area contributed by atoms with Gasteiger partial charge in [-0.15, -0.1) is 0 Å². The minimum atomic E-state index is -3.22. The Bertz CT molecular complexity index is 1010. The van der Waals surface area contributed by atoms with Crippen molar-refractivity contribution in [1.29, 1.82) is 0 Å². The van der Waals surface area contributed by atoms with Gasteiger partial charge in [0.2, 0.25) is 10.0 Å². The number of aryl methyl sites for hydroxylation is 1. The molecule has 2 atom stereocenters. The van der Waals surface area contributed by atoms with Gasteiger partial charge in [0.15, 0.2) is 5.69 Å². The molecule has 0 radical (unpaired) electrons. The van der Waals surface area contributed by atoms with Gasteiger partial charge in [0.1, 0.15) is 0 Å². The van der Waals surface area contributed by atoms with E-state index in [1.165, 1.54) is 10.6 Å². The van der Waals surface area contributed by atoms with Crippen LogP contribution >= 0.6 is 23.2 Å². The van der Waals surface area contributed by atoms with Crippen LogP contribution in [0.25, 0.3) is 5.69 Å². The van der Waals surface area contributed by atoms with E-state index in [0.29, 0.717) is 35.2 Å². The molecule has 2 aromatic rings. The van der Waals surface area contributed by atoms with E-state index in [1.54, 1.807) is 28.9 Å². The fraction of sp³-hybridized carbons (Fsp3) is 0.444. The second kappa shape index (κ2) is 8.02. The minimum absolute atomic E-state index is 0.00122.